The maximum absolute atomic E-state index is 13.8. The second-order valence-electron chi connectivity index (χ2n) is 3.67. The highest BCUT2D eigenvalue weighted by Crippen LogP contribution is 2.22. The van der Waals surface area contributed by atoms with Crippen LogP contribution in [0.1, 0.15) is 22.3 Å². The van der Waals surface area contributed by atoms with Crippen LogP contribution in [0.15, 0.2) is 29.3 Å². The molecule has 0 aliphatic carbocycles. The van der Waals surface area contributed by atoms with E-state index in [1.165, 1.54) is 13.2 Å². The van der Waals surface area contributed by atoms with Crippen molar-refractivity contribution < 1.29 is 13.9 Å². The molecule has 2 rings (SSSR count). The molecule has 0 fully saturated rings. The summed E-state index contributed by atoms with van der Waals surface area (Å²) >= 11 is 0. The van der Waals surface area contributed by atoms with Gasteiger partial charge in [-0.05, 0) is 17.7 Å². The number of methoxy groups -OCH3 is 1. The number of halogens is 1. The first-order valence-electron chi connectivity index (χ1n) is 5.28. The maximum Gasteiger partial charge on any atom is 0.337 e. The number of esters is 1. The lowest BCUT2D eigenvalue weighted by molar-refractivity contribution is 0.0600. The summed E-state index contributed by atoms with van der Waals surface area (Å²) in [5.41, 5.74) is 1.56. The van der Waals surface area contributed by atoms with Crippen molar-refractivity contribution in [3.8, 4) is 0 Å². The van der Waals surface area contributed by atoms with Gasteiger partial charge in [-0.3, -0.25) is 4.99 Å². The molecular formula is C13H12FNO2. The summed E-state index contributed by atoms with van der Waals surface area (Å²) < 4.78 is 18.4. The van der Waals surface area contributed by atoms with Crippen LogP contribution in [-0.2, 0) is 4.74 Å². The average molecular weight is 233 g/mol. The Labute approximate surface area is 98.6 Å². The van der Waals surface area contributed by atoms with Gasteiger partial charge in [0.1, 0.15) is 5.82 Å². The Balaban J connectivity index is 2.31. The molecule has 0 spiro atoms. The fraction of sp³-hybridized carbons (Fsp3) is 0.231. The molecule has 1 aliphatic rings. The van der Waals surface area contributed by atoms with Gasteiger partial charge in [0.2, 0.25) is 0 Å². The first-order chi connectivity index (χ1) is 8.22. The van der Waals surface area contributed by atoms with Crippen molar-refractivity contribution in [2.24, 2.45) is 4.99 Å². The molecule has 17 heavy (non-hydrogen) atoms. The lowest BCUT2D eigenvalue weighted by Gasteiger charge is -2.10. The van der Waals surface area contributed by atoms with Crippen molar-refractivity contribution in [2.45, 2.75) is 6.42 Å². The highest BCUT2D eigenvalue weighted by molar-refractivity contribution is 5.90. The van der Waals surface area contributed by atoms with Gasteiger partial charge in [-0.1, -0.05) is 12.1 Å². The average Bonchev–Trinajstić information content (AvgIpc) is 2.38. The van der Waals surface area contributed by atoms with Crippen LogP contribution in [0.5, 0.6) is 0 Å². The lowest BCUT2D eigenvalue weighted by Crippen LogP contribution is -2.04. The van der Waals surface area contributed by atoms with Gasteiger partial charge in [0.15, 0.2) is 0 Å². The topological polar surface area (TPSA) is 38.7 Å². The Morgan fingerprint density at radius 2 is 2.29 bits per heavy atom. The van der Waals surface area contributed by atoms with Crippen LogP contribution in [0.25, 0.3) is 5.57 Å². The Bertz CT molecular complexity index is 506. The minimum atomic E-state index is -0.536. The number of ether oxygens (including phenoxy) is 1. The van der Waals surface area contributed by atoms with Gasteiger partial charge >= 0.3 is 5.97 Å². The van der Waals surface area contributed by atoms with Crippen LogP contribution < -0.4 is 0 Å². The SMILES string of the molecule is COC(=O)c1ccc(C2=CCC=NC2)c(F)c1. The van der Waals surface area contributed by atoms with Crippen LogP contribution in [-0.4, -0.2) is 25.8 Å². The number of carbonyl (C=O) groups is 1. The molecule has 0 bridgehead atoms. The molecular weight excluding hydrogens is 221 g/mol. The van der Waals surface area contributed by atoms with E-state index in [1.807, 2.05) is 6.08 Å². The third kappa shape index (κ3) is 2.41. The van der Waals surface area contributed by atoms with Gasteiger partial charge in [0.25, 0.3) is 0 Å². The van der Waals surface area contributed by atoms with Crippen LogP contribution in [0.3, 0.4) is 0 Å². The number of hydrogen-bond donors (Lipinski definition) is 0. The standard InChI is InChI=1S/C13H12FNO2/c1-17-13(16)9-4-5-11(12(14)7-9)10-3-2-6-15-8-10/h3-7H,2,8H2,1H3. The van der Waals surface area contributed by atoms with E-state index in [4.69, 9.17) is 0 Å². The number of nitrogens with zero attached hydrogens (tertiary/aromatic N) is 1. The Morgan fingerprint density at radius 1 is 1.47 bits per heavy atom. The van der Waals surface area contributed by atoms with Crippen molar-refractivity contribution in [1.29, 1.82) is 0 Å². The van der Waals surface area contributed by atoms with E-state index in [0.29, 0.717) is 18.5 Å². The fourth-order valence-electron chi connectivity index (χ4n) is 1.71. The summed E-state index contributed by atoms with van der Waals surface area (Å²) in [5, 5.41) is 0. The number of benzene rings is 1. The van der Waals surface area contributed by atoms with Gasteiger partial charge in [-0.25, -0.2) is 9.18 Å². The van der Waals surface area contributed by atoms with E-state index in [2.05, 4.69) is 9.73 Å². The summed E-state index contributed by atoms with van der Waals surface area (Å²) in [4.78, 5) is 15.3. The third-order valence-electron chi connectivity index (χ3n) is 2.60. The summed E-state index contributed by atoms with van der Waals surface area (Å²) in [7, 11) is 1.27. The van der Waals surface area contributed by atoms with Gasteiger partial charge in [0.05, 0.1) is 19.2 Å². The number of aliphatic imine (C=N–C) groups is 1. The minimum Gasteiger partial charge on any atom is -0.465 e. The molecule has 0 radical (unpaired) electrons. The van der Waals surface area contributed by atoms with Gasteiger partial charge in [-0.15, -0.1) is 0 Å². The quantitative estimate of drug-likeness (QED) is 0.736. The smallest absolute Gasteiger partial charge is 0.337 e. The first kappa shape index (κ1) is 11.5. The van der Waals surface area contributed by atoms with Gasteiger partial charge in [0, 0.05) is 18.2 Å². The lowest BCUT2D eigenvalue weighted by atomic mass is 10.0. The largest absolute Gasteiger partial charge is 0.465 e. The van der Waals surface area contributed by atoms with E-state index in [1.54, 1.807) is 18.3 Å². The zero-order valence-electron chi connectivity index (χ0n) is 9.44. The van der Waals surface area contributed by atoms with E-state index in [9.17, 15) is 9.18 Å². The predicted molar refractivity (Wildman–Crippen MR) is 63.7 cm³/mol. The normalized spacial score (nSPS) is 14.4. The van der Waals surface area contributed by atoms with E-state index >= 15 is 0 Å². The molecule has 0 aromatic heterocycles. The molecule has 1 aromatic carbocycles. The minimum absolute atomic E-state index is 0.216. The monoisotopic (exact) mass is 233 g/mol. The Kier molecular flexibility index (Phi) is 3.32. The second-order valence-corrected chi connectivity index (χ2v) is 3.67. The molecule has 0 unspecified atom stereocenters. The fourth-order valence-corrected chi connectivity index (χ4v) is 1.71. The summed E-state index contributed by atoms with van der Waals surface area (Å²) in [6.45, 7) is 0.481. The molecule has 0 amide bonds. The van der Waals surface area contributed by atoms with Crippen LogP contribution in [0.4, 0.5) is 4.39 Å². The second kappa shape index (κ2) is 4.91. The van der Waals surface area contributed by atoms with Crippen LogP contribution >= 0.6 is 0 Å². The molecule has 0 N–H and O–H groups in total. The summed E-state index contributed by atoms with van der Waals surface area (Å²) in [6, 6.07) is 4.35. The van der Waals surface area contributed by atoms with Crippen LogP contribution in [0.2, 0.25) is 0 Å². The molecule has 3 nitrogen and oxygen atoms in total. The maximum atomic E-state index is 13.8. The molecule has 1 heterocycles. The number of hydrogen-bond acceptors (Lipinski definition) is 3. The van der Waals surface area contributed by atoms with Crippen LogP contribution in [0, 0.1) is 5.82 Å². The van der Waals surface area contributed by atoms with E-state index in [0.717, 1.165) is 5.57 Å². The Hall–Kier alpha value is -1.97. The predicted octanol–water partition coefficient (Wildman–Crippen LogP) is 2.47. The summed E-state index contributed by atoms with van der Waals surface area (Å²) in [5.74, 6) is -0.956. The first-order valence-corrected chi connectivity index (χ1v) is 5.28. The number of dihydropyridines is 1. The molecule has 1 aliphatic heterocycles. The van der Waals surface area contributed by atoms with Crippen molar-refractivity contribution in [3.63, 3.8) is 0 Å². The molecule has 0 saturated carbocycles. The Morgan fingerprint density at radius 3 is 2.88 bits per heavy atom. The number of carbonyl (C=O) groups excluding carboxylic acids is 1. The highest BCUT2D eigenvalue weighted by Gasteiger charge is 2.13. The van der Waals surface area contributed by atoms with Crippen molar-refractivity contribution in [3.05, 3.63) is 41.2 Å². The molecule has 1 aromatic rings. The third-order valence-corrected chi connectivity index (χ3v) is 2.60. The molecule has 0 saturated heterocycles. The van der Waals surface area contributed by atoms with Gasteiger partial charge in [-0.2, -0.15) is 0 Å². The highest BCUT2D eigenvalue weighted by atomic mass is 19.1. The van der Waals surface area contributed by atoms with Crippen molar-refractivity contribution in [1.82, 2.24) is 0 Å². The molecule has 0 atom stereocenters. The number of allylic oxidation sites excluding steroid dienone is 1. The number of rotatable bonds is 2. The molecule has 4 heteroatoms. The molecule has 88 valence electrons. The van der Waals surface area contributed by atoms with Crippen molar-refractivity contribution in [2.75, 3.05) is 13.7 Å². The zero-order chi connectivity index (χ0) is 12.3. The zero-order valence-corrected chi connectivity index (χ0v) is 9.44. The van der Waals surface area contributed by atoms with Gasteiger partial charge < -0.3 is 4.74 Å². The van der Waals surface area contributed by atoms with E-state index < -0.39 is 11.8 Å². The van der Waals surface area contributed by atoms with E-state index in [-0.39, 0.29) is 5.56 Å². The van der Waals surface area contributed by atoms with Crippen molar-refractivity contribution >= 4 is 17.8 Å². The summed E-state index contributed by atoms with van der Waals surface area (Å²) in [6.07, 6.45) is 4.45.